The minimum atomic E-state index is -4.64. The molecule has 3 rings (SSSR count). The smallest absolute Gasteiger partial charge is 0.396 e. The summed E-state index contributed by atoms with van der Waals surface area (Å²) in [5.41, 5.74) is 1.84. The van der Waals surface area contributed by atoms with Crippen molar-refractivity contribution in [2.24, 2.45) is 0 Å². The second-order valence-corrected chi connectivity index (χ2v) is 6.85. The van der Waals surface area contributed by atoms with E-state index in [0.717, 1.165) is 23.3 Å². The fourth-order valence-corrected chi connectivity index (χ4v) is 3.30. The lowest BCUT2D eigenvalue weighted by molar-refractivity contribution is -0.137. The van der Waals surface area contributed by atoms with Crippen LogP contribution in [-0.2, 0) is 12.6 Å². The number of urea groups is 1. The third kappa shape index (κ3) is 5.11. The number of nitrogens with one attached hydrogen (secondary N) is 2. The van der Waals surface area contributed by atoms with Crippen molar-refractivity contribution in [1.82, 2.24) is 0 Å². The maximum absolute atomic E-state index is 13.0. The van der Waals surface area contributed by atoms with E-state index in [4.69, 9.17) is 11.6 Å². The van der Waals surface area contributed by atoms with Gasteiger partial charge >= 0.3 is 12.2 Å². The van der Waals surface area contributed by atoms with Gasteiger partial charge in [0.1, 0.15) is 0 Å². The lowest BCUT2D eigenvalue weighted by Crippen LogP contribution is -2.21. The van der Waals surface area contributed by atoms with E-state index in [2.05, 4.69) is 10.6 Å². The van der Waals surface area contributed by atoms with Gasteiger partial charge < -0.3 is 15.7 Å². The molecule has 0 fully saturated rings. The number of benzene rings is 3. The lowest BCUT2D eigenvalue weighted by atomic mass is 9.96. The monoisotopic (exact) mass is 434 g/mol. The van der Waals surface area contributed by atoms with Gasteiger partial charge in [0, 0.05) is 18.0 Å². The zero-order chi connectivity index (χ0) is 21.7. The van der Waals surface area contributed by atoms with Gasteiger partial charge in [0.15, 0.2) is 0 Å². The van der Waals surface area contributed by atoms with Crippen LogP contribution in [0.1, 0.15) is 11.1 Å². The zero-order valence-corrected chi connectivity index (χ0v) is 16.4. The van der Waals surface area contributed by atoms with Crippen molar-refractivity contribution in [2.45, 2.75) is 12.6 Å². The molecule has 2 amide bonds. The molecule has 4 nitrogen and oxygen atoms in total. The fraction of sp³-hybridized carbons (Fsp3) is 0.136. The minimum Gasteiger partial charge on any atom is -0.396 e. The topological polar surface area (TPSA) is 61.4 Å². The highest BCUT2D eigenvalue weighted by atomic mass is 35.5. The highest BCUT2D eigenvalue weighted by molar-refractivity contribution is 6.31. The Morgan fingerprint density at radius 1 is 0.967 bits per heavy atom. The molecule has 0 spiro atoms. The highest BCUT2D eigenvalue weighted by Gasteiger charge is 2.33. The van der Waals surface area contributed by atoms with Crippen molar-refractivity contribution in [1.29, 1.82) is 0 Å². The summed E-state index contributed by atoms with van der Waals surface area (Å²) in [6, 6.07) is 17.2. The van der Waals surface area contributed by atoms with Gasteiger partial charge in [-0.1, -0.05) is 54.1 Å². The van der Waals surface area contributed by atoms with E-state index in [-0.39, 0.29) is 12.3 Å². The Kier molecular flexibility index (Phi) is 6.64. The predicted molar refractivity (Wildman–Crippen MR) is 112 cm³/mol. The Balaban J connectivity index is 1.85. The first-order chi connectivity index (χ1) is 14.3. The van der Waals surface area contributed by atoms with Crippen LogP contribution in [0.15, 0.2) is 66.7 Å². The first-order valence-electron chi connectivity index (χ1n) is 9.02. The number of hydrogen-bond donors (Lipinski definition) is 3. The molecule has 0 atom stereocenters. The summed E-state index contributed by atoms with van der Waals surface area (Å²) in [7, 11) is 0. The van der Waals surface area contributed by atoms with Crippen molar-refractivity contribution < 1.29 is 23.1 Å². The summed E-state index contributed by atoms with van der Waals surface area (Å²) >= 11 is 5.61. The maximum Gasteiger partial charge on any atom is 0.417 e. The van der Waals surface area contributed by atoms with E-state index in [1.54, 1.807) is 12.1 Å². The summed E-state index contributed by atoms with van der Waals surface area (Å²) in [5.74, 6) is 0. The van der Waals surface area contributed by atoms with E-state index < -0.39 is 22.8 Å². The summed E-state index contributed by atoms with van der Waals surface area (Å²) < 4.78 is 39.1. The molecule has 0 radical (unpaired) electrons. The molecule has 0 saturated heterocycles. The number of aliphatic hydroxyl groups excluding tert-OH is 1. The summed E-state index contributed by atoms with van der Waals surface area (Å²) in [6.45, 7) is -0.133. The number of alkyl halides is 3. The van der Waals surface area contributed by atoms with Crippen molar-refractivity contribution in [3.8, 4) is 11.1 Å². The van der Waals surface area contributed by atoms with Gasteiger partial charge in [-0.15, -0.1) is 0 Å². The SMILES string of the molecule is O=C(Nc1ccc(Cl)c(C(F)(F)F)c1)Nc1cccc(-c2ccccc2)c1CCO. The number of carbonyl (C=O) groups is 1. The van der Waals surface area contributed by atoms with Gasteiger partial charge in [-0.3, -0.25) is 0 Å². The quantitative estimate of drug-likeness (QED) is 0.447. The second-order valence-electron chi connectivity index (χ2n) is 6.44. The number of aliphatic hydroxyl groups is 1. The van der Waals surface area contributed by atoms with E-state index in [1.807, 2.05) is 36.4 Å². The number of rotatable bonds is 5. The van der Waals surface area contributed by atoms with E-state index >= 15 is 0 Å². The zero-order valence-electron chi connectivity index (χ0n) is 15.6. The van der Waals surface area contributed by atoms with Crippen LogP contribution in [0, 0.1) is 0 Å². The molecule has 3 aromatic carbocycles. The third-order valence-corrected chi connectivity index (χ3v) is 4.73. The summed E-state index contributed by atoms with van der Waals surface area (Å²) in [4.78, 5) is 12.4. The van der Waals surface area contributed by atoms with E-state index in [9.17, 15) is 23.1 Å². The third-order valence-electron chi connectivity index (χ3n) is 4.40. The normalized spacial score (nSPS) is 11.2. The molecule has 0 aliphatic heterocycles. The predicted octanol–water partition coefficient (Wildman–Crippen LogP) is 6.20. The molecule has 0 heterocycles. The molecule has 0 bridgehead atoms. The van der Waals surface area contributed by atoms with Crippen molar-refractivity contribution >= 4 is 29.0 Å². The molecule has 0 aliphatic carbocycles. The molecule has 0 aliphatic rings. The van der Waals surface area contributed by atoms with Gasteiger partial charge in [-0.25, -0.2) is 4.79 Å². The highest BCUT2D eigenvalue weighted by Crippen LogP contribution is 2.36. The Bertz CT molecular complexity index is 1040. The van der Waals surface area contributed by atoms with Crippen LogP contribution >= 0.6 is 11.6 Å². The molecule has 8 heteroatoms. The molecule has 0 aromatic heterocycles. The first kappa shape index (κ1) is 21.7. The largest absolute Gasteiger partial charge is 0.417 e. The van der Waals surface area contributed by atoms with Crippen LogP contribution in [0.4, 0.5) is 29.3 Å². The molecule has 3 N–H and O–H groups in total. The standard InChI is InChI=1S/C22H18ClF3N2O2/c23-19-10-9-15(13-18(19)22(24,25)26)27-21(30)28-20-8-4-7-16(17(20)11-12-29)14-5-2-1-3-6-14/h1-10,13,29H,11-12H2,(H2,27,28,30). The van der Waals surface area contributed by atoms with E-state index in [1.165, 1.54) is 6.07 Å². The molecule has 0 saturated carbocycles. The van der Waals surface area contributed by atoms with Crippen LogP contribution in [0.2, 0.25) is 5.02 Å². The average Bonchev–Trinajstić information content (AvgIpc) is 2.70. The van der Waals surface area contributed by atoms with Gasteiger partial charge in [0.05, 0.1) is 10.6 Å². The average molecular weight is 435 g/mol. The Morgan fingerprint density at radius 2 is 1.70 bits per heavy atom. The van der Waals surface area contributed by atoms with Crippen molar-refractivity contribution in [3.05, 3.63) is 82.9 Å². The minimum absolute atomic E-state index is 0.0489. The Morgan fingerprint density at radius 3 is 2.37 bits per heavy atom. The molecular weight excluding hydrogens is 417 g/mol. The lowest BCUT2D eigenvalue weighted by Gasteiger charge is -2.16. The molecule has 30 heavy (non-hydrogen) atoms. The van der Waals surface area contributed by atoms with Crippen molar-refractivity contribution in [2.75, 3.05) is 17.2 Å². The number of carbonyl (C=O) groups excluding carboxylic acids is 1. The number of anilines is 2. The Labute approximate surface area is 176 Å². The first-order valence-corrected chi connectivity index (χ1v) is 9.40. The van der Waals surface area contributed by atoms with Crippen LogP contribution < -0.4 is 10.6 Å². The van der Waals surface area contributed by atoms with Crippen molar-refractivity contribution in [3.63, 3.8) is 0 Å². The van der Waals surface area contributed by atoms with Crippen LogP contribution in [0.25, 0.3) is 11.1 Å². The van der Waals surface area contributed by atoms with Gasteiger partial charge in [-0.05, 0) is 47.4 Å². The van der Waals surface area contributed by atoms with Crippen LogP contribution in [0.3, 0.4) is 0 Å². The van der Waals surface area contributed by atoms with Gasteiger partial charge in [-0.2, -0.15) is 13.2 Å². The molecular formula is C22H18ClF3N2O2. The Hall–Kier alpha value is -3.03. The second kappa shape index (κ2) is 9.19. The van der Waals surface area contributed by atoms with E-state index in [0.29, 0.717) is 17.7 Å². The summed E-state index contributed by atoms with van der Waals surface area (Å²) in [6.07, 6.45) is -4.34. The molecule has 3 aromatic rings. The number of hydrogen-bond acceptors (Lipinski definition) is 2. The number of amides is 2. The van der Waals surface area contributed by atoms with Gasteiger partial charge in [0.25, 0.3) is 0 Å². The fourth-order valence-electron chi connectivity index (χ4n) is 3.08. The number of halogens is 4. The maximum atomic E-state index is 13.0. The van der Waals surface area contributed by atoms with Gasteiger partial charge in [0.2, 0.25) is 0 Å². The summed E-state index contributed by atoms with van der Waals surface area (Å²) in [5, 5.41) is 14.1. The van der Waals surface area contributed by atoms with Crippen LogP contribution in [-0.4, -0.2) is 17.7 Å². The molecule has 0 unspecified atom stereocenters. The molecule has 156 valence electrons. The van der Waals surface area contributed by atoms with Crippen LogP contribution in [0.5, 0.6) is 0 Å².